The van der Waals surface area contributed by atoms with E-state index in [1.165, 1.54) is 14.2 Å². The summed E-state index contributed by atoms with van der Waals surface area (Å²) in [5, 5.41) is 5.88. The molecule has 2 N–H and O–H groups in total. The maximum Gasteiger partial charge on any atom is 0.407 e. The number of amides is 1. The van der Waals surface area contributed by atoms with Gasteiger partial charge in [0, 0.05) is 35.6 Å². The Morgan fingerprint density at radius 3 is 2.47 bits per heavy atom. The van der Waals surface area contributed by atoms with Crippen molar-refractivity contribution >= 4 is 27.8 Å². The van der Waals surface area contributed by atoms with Gasteiger partial charge in [0.1, 0.15) is 5.60 Å². The first-order chi connectivity index (χ1) is 17.9. The third-order valence-electron chi connectivity index (χ3n) is 4.95. The van der Waals surface area contributed by atoms with E-state index in [1.807, 2.05) is 6.07 Å². The maximum atomic E-state index is 12.2. The van der Waals surface area contributed by atoms with E-state index in [4.69, 9.17) is 18.4 Å². The second-order valence-electron chi connectivity index (χ2n) is 9.28. The van der Waals surface area contributed by atoms with Gasteiger partial charge in [0.05, 0.1) is 32.8 Å². The van der Waals surface area contributed by atoms with Gasteiger partial charge in [-0.3, -0.25) is 4.18 Å². The van der Waals surface area contributed by atoms with Gasteiger partial charge in [-0.05, 0) is 44.5 Å². The molecule has 0 atom stereocenters. The Morgan fingerprint density at radius 1 is 1.05 bits per heavy atom. The number of carbonyl (C=O) groups is 1. The third-order valence-corrected chi connectivity index (χ3v) is 5.50. The molecule has 0 saturated heterocycles. The number of ether oxygens (including phenoxy) is 3. The van der Waals surface area contributed by atoms with Gasteiger partial charge in [-0.15, -0.1) is 0 Å². The van der Waals surface area contributed by atoms with Crippen molar-refractivity contribution in [1.82, 2.24) is 15.3 Å². The van der Waals surface area contributed by atoms with E-state index in [-0.39, 0.29) is 13.2 Å². The summed E-state index contributed by atoms with van der Waals surface area (Å²) in [7, 11) is -0.522. The Bertz CT molecular complexity index is 1390. The lowest BCUT2D eigenvalue weighted by atomic mass is 10.1. The standard InChI is InChI=1S/C26H32N4O7S/c1-26(2,3)37-25(31)28-15-19-13-20(14-22(34-4)23(19)35-5)29-24-27-11-10-21(30-24)18-9-7-8-17(12-18)16-36-38(6,32)33/h7-14H,15-16H2,1-6H3,(H,28,31)(H,27,29,30). The van der Waals surface area contributed by atoms with E-state index >= 15 is 0 Å². The van der Waals surface area contributed by atoms with E-state index in [0.29, 0.717) is 40.0 Å². The molecule has 0 fully saturated rings. The number of alkyl carbamates (subject to hydrolysis) is 1. The monoisotopic (exact) mass is 544 g/mol. The number of hydrogen-bond donors (Lipinski definition) is 2. The molecule has 204 valence electrons. The minimum atomic E-state index is -3.56. The molecule has 0 radical (unpaired) electrons. The highest BCUT2D eigenvalue weighted by Crippen LogP contribution is 2.35. The number of carbonyl (C=O) groups excluding carboxylic acids is 1. The quantitative estimate of drug-likeness (QED) is 0.353. The zero-order valence-corrected chi connectivity index (χ0v) is 23.0. The molecule has 0 aliphatic carbocycles. The highest BCUT2D eigenvalue weighted by Gasteiger charge is 2.18. The van der Waals surface area contributed by atoms with Crippen molar-refractivity contribution in [3.63, 3.8) is 0 Å². The number of anilines is 2. The molecular weight excluding hydrogens is 512 g/mol. The van der Waals surface area contributed by atoms with Crippen molar-refractivity contribution in [3.05, 3.63) is 59.8 Å². The first kappa shape index (κ1) is 28.7. The largest absolute Gasteiger partial charge is 0.493 e. The van der Waals surface area contributed by atoms with E-state index in [0.717, 1.165) is 11.8 Å². The molecule has 1 aromatic heterocycles. The number of methoxy groups -OCH3 is 2. The summed E-state index contributed by atoms with van der Waals surface area (Å²) in [6, 6.07) is 12.5. The van der Waals surface area contributed by atoms with Crippen LogP contribution in [0.4, 0.5) is 16.4 Å². The van der Waals surface area contributed by atoms with Gasteiger partial charge in [-0.1, -0.05) is 18.2 Å². The molecular formula is C26H32N4O7S. The van der Waals surface area contributed by atoms with Crippen LogP contribution < -0.4 is 20.1 Å². The lowest BCUT2D eigenvalue weighted by molar-refractivity contribution is 0.0523. The molecule has 0 unspecified atom stereocenters. The van der Waals surface area contributed by atoms with E-state index in [2.05, 4.69) is 20.6 Å². The number of benzene rings is 2. The molecule has 3 aromatic rings. The zero-order valence-electron chi connectivity index (χ0n) is 22.2. The maximum absolute atomic E-state index is 12.2. The van der Waals surface area contributed by atoms with Crippen molar-refractivity contribution in [2.24, 2.45) is 0 Å². The molecule has 0 saturated carbocycles. The number of nitrogens with one attached hydrogen (secondary N) is 2. The predicted octanol–water partition coefficient (Wildman–Crippen LogP) is 4.41. The highest BCUT2D eigenvalue weighted by atomic mass is 32.2. The van der Waals surface area contributed by atoms with Gasteiger partial charge in [0.25, 0.3) is 10.1 Å². The van der Waals surface area contributed by atoms with Crippen molar-refractivity contribution < 1.29 is 31.6 Å². The molecule has 1 amide bonds. The van der Waals surface area contributed by atoms with Crippen LogP contribution in [0, 0.1) is 0 Å². The van der Waals surface area contributed by atoms with Crippen LogP contribution in [0.1, 0.15) is 31.9 Å². The van der Waals surface area contributed by atoms with Gasteiger partial charge in [0.15, 0.2) is 11.5 Å². The Hall–Kier alpha value is -3.90. The van der Waals surface area contributed by atoms with Crippen LogP contribution in [0.2, 0.25) is 0 Å². The molecule has 2 aromatic carbocycles. The van der Waals surface area contributed by atoms with Crippen LogP contribution in [0.5, 0.6) is 11.5 Å². The number of aromatic nitrogens is 2. The van der Waals surface area contributed by atoms with Gasteiger partial charge in [-0.2, -0.15) is 8.42 Å². The topological polar surface area (TPSA) is 138 Å². The summed E-state index contributed by atoms with van der Waals surface area (Å²) >= 11 is 0. The predicted molar refractivity (Wildman–Crippen MR) is 143 cm³/mol. The Labute approximate surface area is 222 Å². The molecule has 1 heterocycles. The molecule has 12 heteroatoms. The van der Waals surface area contributed by atoms with E-state index < -0.39 is 21.8 Å². The van der Waals surface area contributed by atoms with E-state index in [1.54, 1.807) is 63.4 Å². The SMILES string of the molecule is COc1cc(Nc2nccc(-c3cccc(COS(C)(=O)=O)c3)n2)cc(CNC(=O)OC(C)(C)C)c1OC. The van der Waals surface area contributed by atoms with Crippen LogP contribution in [0.25, 0.3) is 11.3 Å². The molecule has 0 spiro atoms. The van der Waals surface area contributed by atoms with Gasteiger partial charge in [-0.25, -0.2) is 14.8 Å². The summed E-state index contributed by atoms with van der Waals surface area (Å²) in [6.45, 7) is 5.42. The van der Waals surface area contributed by atoms with Crippen LogP contribution in [0.3, 0.4) is 0 Å². The highest BCUT2D eigenvalue weighted by molar-refractivity contribution is 7.85. The van der Waals surface area contributed by atoms with Crippen molar-refractivity contribution in [1.29, 1.82) is 0 Å². The summed E-state index contributed by atoms with van der Waals surface area (Å²) in [4.78, 5) is 21.1. The van der Waals surface area contributed by atoms with Crippen LogP contribution in [0.15, 0.2) is 48.7 Å². The minimum Gasteiger partial charge on any atom is -0.493 e. The van der Waals surface area contributed by atoms with Crippen LogP contribution in [-0.2, 0) is 32.2 Å². The van der Waals surface area contributed by atoms with Crippen LogP contribution in [-0.4, -0.2) is 50.6 Å². The summed E-state index contributed by atoms with van der Waals surface area (Å²) in [5.41, 5.74) is 2.70. The molecule has 3 rings (SSSR count). The lowest BCUT2D eigenvalue weighted by Gasteiger charge is -2.20. The van der Waals surface area contributed by atoms with Crippen LogP contribution >= 0.6 is 0 Å². The number of hydrogen-bond acceptors (Lipinski definition) is 10. The summed E-state index contributed by atoms with van der Waals surface area (Å²) in [6.07, 6.45) is 2.06. The Morgan fingerprint density at radius 2 is 1.82 bits per heavy atom. The van der Waals surface area contributed by atoms with Gasteiger partial charge >= 0.3 is 6.09 Å². The normalized spacial score (nSPS) is 11.5. The number of nitrogens with zero attached hydrogens (tertiary/aromatic N) is 2. The minimum absolute atomic E-state index is 0.0748. The average Bonchev–Trinajstić information content (AvgIpc) is 2.85. The number of rotatable bonds is 10. The smallest absolute Gasteiger partial charge is 0.407 e. The van der Waals surface area contributed by atoms with Gasteiger partial charge in [0.2, 0.25) is 5.95 Å². The molecule has 0 bridgehead atoms. The summed E-state index contributed by atoms with van der Waals surface area (Å²) < 4.78 is 43.9. The fraction of sp³-hybridized carbons (Fsp3) is 0.346. The zero-order chi connectivity index (χ0) is 27.9. The van der Waals surface area contributed by atoms with Gasteiger partial charge < -0.3 is 24.8 Å². The molecule has 0 aliphatic heterocycles. The molecule has 0 aliphatic rings. The molecule has 38 heavy (non-hydrogen) atoms. The molecule has 11 nitrogen and oxygen atoms in total. The lowest BCUT2D eigenvalue weighted by Crippen LogP contribution is -2.32. The second kappa shape index (κ2) is 12.1. The van der Waals surface area contributed by atoms with Crippen molar-refractivity contribution in [2.75, 3.05) is 25.8 Å². The first-order valence-electron chi connectivity index (χ1n) is 11.6. The Balaban J connectivity index is 1.83. The fourth-order valence-corrected chi connectivity index (χ4v) is 3.78. The Kier molecular flexibility index (Phi) is 9.13. The fourth-order valence-electron chi connectivity index (χ4n) is 3.43. The van der Waals surface area contributed by atoms with E-state index in [9.17, 15) is 13.2 Å². The van der Waals surface area contributed by atoms with Crippen molar-refractivity contribution in [2.45, 2.75) is 39.5 Å². The third kappa shape index (κ3) is 8.60. The second-order valence-corrected chi connectivity index (χ2v) is 10.9. The average molecular weight is 545 g/mol. The first-order valence-corrected chi connectivity index (χ1v) is 13.4. The summed E-state index contributed by atoms with van der Waals surface area (Å²) in [5.74, 6) is 1.24. The van der Waals surface area contributed by atoms with Crippen molar-refractivity contribution in [3.8, 4) is 22.8 Å².